The largest absolute Gasteiger partial charge is 0.355 e. The molecule has 5 nitrogen and oxygen atoms in total. The van der Waals surface area contributed by atoms with Crippen molar-refractivity contribution in [1.29, 1.82) is 0 Å². The molecule has 0 fully saturated rings. The standard InChI is InChI=1S/C44H41N5/c1-7-33-27(5)43-44-28(6)34(8-2)40(49-44)24-32-18-20-36(46-32)42(30-15-11-26(4)12-16-30)38-22-21-37(47-38)41(29-13-9-25(3)10-14-29)35-19-17-31(45-35)23-39(33)48-43/h9-24,45-46,48H,7-8H2,1-6H3. The van der Waals surface area contributed by atoms with Crippen LogP contribution in [0.1, 0.15) is 72.2 Å². The first-order valence-electron chi connectivity index (χ1n) is 17.3. The van der Waals surface area contributed by atoms with Crippen molar-refractivity contribution in [3.8, 4) is 22.3 Å². The molecule has 0 saturated heterocycles. The summed E-state index contributed by atoms with van der Waals surface area (Å²) in [6.07, 6.45) is 6.13. The Morgan fingerprint density at radius 2 is 1.10 bits per heavy atom. The van der Waals surface area contributed by atoms with Crippen molar-refractivity contribution >= 4 is 56.4 Å². The first-order chi connectivity index (χ1) is 23.8. The molecule has 2 aromatic carbocycles. The van der Waals surface area contributed by atoms with Gasteiger partial charge < -0.3 is 15.0 Å². The number of hydrogen-bond acceptors (Lipinski definition) is 2. The van der Waals surface area contributed by atoms with Crippen molar-refractivity contribution in [1.82, 2.24) is 24.9 Å². The number of nitrogens with one attached hydrogen (secondary N) is 3. The van der Waals surface area contributed by atoms with Gasteiger partial charge in [-0.3, -0.25) is 0 Å². The van der Waals surface area contributed by atoms with E-state index < -0.39 is 0 Å². The number of aromatic amines is 3. The third-order valence-electron chi connectivity index (χ3n) is 10.1. The SMILES string of the molecule is CCC1=C(C)c2nc1cc1ccc([nH]1)c(-c1ccc(C)cc1)c1nc(c(-c3ccc(C)cc3)c3ccc(cc4[nH]c2c(C)c4CC)[nH]3)C=C1. The molecule has 4 aromatic heterocycles. The predicted molar refractivity (Wildman–Crippen MR) is 208 cm³/mol. The van der Waals surface area contributed by atoms with Gasteiger partial charge in [0, 0.05) is 38.7 Å². The zero-order valence-electron chi connectivity index (χ0n) is 29.0. The molecule has 0 saturated carbocycles. The normalized spacial score (nSPS) is 12.7. The van der Waals surface area contributed by atoms with Crippen LogP contribution in [0.3, 0.4) is 0 Å². The van der Waals surface area contributed by atoms with E-state index in [-0.39, 0.29) is 0 Å². The van der Waals surface area contributed by atoms with Crippen LogP contribution < -0.4 is 0 Å². The molecule has 0 spiro atoms. The second kappa shape index (κ2) is 12.1. The van der Waals surface area contributed by atoms with E-state index in [1.54, 1.807) is 0 Å². The van der Waals surface area contributed by atoms with Gasteiger partial charge in [-0.25, -0.2) is 9.97 Å². The number of benzene rings is 2. The molecule has 0 radical (unpaired) electrons. The fourth-order valence-electron chi connectivity index (χ4n) is 7.44. The number of allylic oxidation sites excluding steroid dienone is 2. The lowest BCUT2D eigenvalue weighted by atomic mass is 10.0. The van der Waals surface area contributed by atoms with Gasteiger partial charge >= 0.3 is 0 Å². The maximum absolute atomic E-state index is 5.36. The van der Waals surface area contributed by atoms with E-state index in [4.69, 9.17) is 9.97 Å². The molecular weight excluding hydrogens is 599 g/mol. The lowest BCUT2D eigenvalue weighted by Crippen LogP contribution is -1.88. The number of hydrogen-bond donors (Lipinski definition) is 3. The Morgan fingerprint density at radius 3 is 1.63 bits per heavy atom. The van der Waals surface area contributed by atoms with Gasteiger partial charge in [0.2, 0.25) is 0 Å². The van der Waals surface area contributed by atoms with Crippen LogP contribution in [-0.4, -0.2) is 24.9 Å². The van der Waals surface area contributed by atoms with Crippen LogP contribution in [0.25, 0.3) is 78.7 Å². The molecule has 8 rings (SSSR count). The molecule has 49 heavy (non-hydrogen) atoms. The van der Waals surface area contributed by atoms with E-state index >= 15 is 0 Å². The highest BCUT2D eigenvalue weighted by atomic mass is 14.8. The van der Waals surface area contributed by atoms with Crippen LogP contribution in [0.15, 0.2) is 84.9 Å². The van der Waals surface area contributed by atoms with Crippen LogP contribution in [0.5, 0.6) is 0 Å². The molecule has 0 atom stereocenters. The Morgan fingerprint density at radius 1 is 0.551 bits per heavy atom. The van der Waals surface area contributed by atoms with Crippen LogP contribution >= 0.6 is 0 Å². The van der Waals surface area contributed by atoms with Crippen molar-refractivity contribution in [2.45, 2.75) is 54.4 Å². The molecule has 2 aliphatic rings. The lowest BCUT2D eigenvalue weighted by Gasteiger charge is -2.06. The van der Waals surface area contributed by atoms with E-state index in [9.17, 15) is 0 Å². The van der Waals surface area contributed by atoms with E-state index in [0.717, 1.165) is 91.0 Å². The maximum atomic E-state index is 5.36. The van der Waals surface area contributed by atoms with Crippen molar-refractivity contribution in [3.63, 3.8) is 0 Å². The van der Waals surface area contributed by atoms with Gasteiger partial charge in [-0.05, 0) is 122 Å². The number of aromatic nitrogens is 5. The Bertz CT molecular complexity index is 2530. The van der Waals surface area contributed by atoms with Crippen LogP contribution in [0.2, 0.25) is 0 Å². The highest BCUT2D eigenvalue weighted by Crippen LogP contribution is 2.37. The number of H-pyrrole nitrogens is 3. The minimum absolute atomic E-state index is 0.906. The molecule has 5 heteroatoms. The molecule has 6 heterocycles. The quantitative estimate of drug-likeness (QED) is 0.179. The minimum Gasteiger partial charge on any atom is -0.355 e. The zero-order valence-corrected chi connectivity index (χ0v) is 29.0. The molecule has 3 N–H and O–H groups in total. The van der Waals surface area contributed by atoms with E-state index in [0.29, 0.717) is 0 Å². The topological polar surface area (TPSA) is 73.2 Å². The Labute approximate surface area is 287 Å². The minimum atomic E-state index is 0.906. The van der Waals surface area contributed by atoms with Crippen LogP contribution in [0.4, 0.5) is 0 Å². The van der Waals surface area contributed by atoms with Crippen molar-refractivity contribution < 1.29 is 0 Å². The number of aryl methyl sites for hydroxylation is 4. The van der Waals surface area contributed by atoms with E-state index in [1.165, 1.54) is 33.4 Å². The molecule has 0 unspecified atom stereocenters. The zero-order chi connectivity index (χ0) is 33.8. The first kappa shape index (κ1) is 30.6. The summed E-state index contributed by atoms with van der Waals surface area (Å²) in [5.41, 5.74) is 22.1. The van der Waals surface area contributed by atoms with Crippen LogP contribution in [-0.2, 0) is 6.42 Å². The monoisotopic (exact) mass is 639 g/mol. The summed E-state index contributed by atoms with van der Waals surface area (Å²) in [4.78, 5) is 21.9. The van der Waals surface area contributed by atoms with Crippen molar-refractivity contribution in [2.75, 3.05) is 0 Å². The first-order valence-corrected chi connectivity index (χ1v) is 17.3. The smallest absolute Gasteiger partial charge is 0.0907 e. The highest BCUT2D eigenvalue weighted by Gasteiger charge is 2.20. The van der Waals surface area contributed by atoms with Gasteiger partial charge in [-0.15, -0.1) is 0 Å². The van der Waals surface area contributed by atoms with Gasteiger partial charge in [-0.2, -0.15) is 0 Å². The van der Waals surface area contributed by atoms with Crippen molar-refractivity contribution in [2.24, 2.45) is 0 Å². The summed E-state index contributed by atoms with van der Waals surface area (Å²) in [5, 5.41) is 0. The predicted octanol–water partition coefficient (Wildman–Crippen LogP) is 11.7. The fourth-order valence-corrected chi connectivity index (χ4v) is 7.44. The Balaban J connectivity index is 1.54. The molecule has 2 aliphatic heterocycles. The average molecular weight is 640 g/mol. The van der Waals surface area contributed by atoms with Gasteiger partial charge in [0.05, 0.1) is 28.3 Å². The summed E-state index contributed by atoms with van der Waals surface area (Å²) in [6, 6.07) is 30.5. The Hall–Kier alpha value is -5.68. The molecule has 6 aromatic rings. The maximum Gasteiger partial charge on any atom is 0.0907 e. The van der Waals surface area contributed by atoms with E-state index in [2.05, 4.69) is 154 Å². The van der Waals surface area contributed by atoms with Gasteiger partial charge in [-0.1, -0.05) is 73.5 Å². The highest BCUT2D eigenvalue weighted by molar-refractivity contribution is 5.98. The molecular formula is C44H41N5. The molecule has 0 aliphatic carbocycles. The molecule has 0 amide bonds. The molecule has 242 valence electrons. The summed E-state index contributed by atoms with van der Waals surface area (Å²) < 4.78 is 0. The second-order valence-electron chi connectivity index (χ2n) is 13.3. The summed E-state index contributed by atoms with van der Waals surface area (Å²) in [6.45, 7) is 13.1. The summed E-state index contributed by atoms with van der Waals surface area (Å²) in [5.74, 6) is 0. The summed E-state index contributed by atoms with van der Waals surface area (Å²) in [7, 11) is 0. The van der Waals surface area contributed by atoms with Gasteiger partial charge in [0.25, 0.3) is 0 Å². The van der Waals surface area contributed by atoms with E-state index in [1.807, 2.05) is 0 Å². The fraction of sp³-hybridized carbons (Fsp3) is 0.182. The second-order valence-corrected chi connectivity index (χ2v) is 13.3. The van der Waals surface area contributed by atoms with Crippen molar-refractivity contribution in [3.05, 3.63) is 130 Å². The third kappa shape index (κ3) is 5.36. The van der Waals surface area contributed by atoms with Gasteiger partial charge in [0.15, 0.2) is 0 Å². The van der Waals surface area contributed by atoms with Crippen LogP contribution in [0, 0.1) is 20.8 Å². The van der Waals surface area contributed by atoms with Gasteiger partial charge in [0.1, 0.15) is 0 Å². The summed E-state index contributed by atoms with van der Waals surface area (Å²) >= 11 is 0. The number of nitrogens with zero attached hydrogens (tertiary/aromatic N) is 2. The Kier molecular flexibility index (Phi) is 7.56. The number of fused-ring (bicyclic) bond motifs is 11. The third-order valence-corrected chi connectivity index (χ3v) is 10.1. The number of rotatable bonds is 4. The lowest BCUT2D eigenvalue weighted by molar-refractivity contribution is 1.14. The average Bonchev–Trinajstić information content (AvgIpc) is 3.94. The molecule has 10 bridgehead atoms.